The first-order chi connectivity index (χ1) is 8.24. The third-order valence-electron chi connectivity index (χ3n) is 2.40. The van der Waals surface area contributed by atoms with E-state index in [2.05, 4.69) is 5.32 Å². The molecule has 1 amide bonds. The molecule has 0 unspecified atom stereocenters. The lowest BCUT2D eigenvalue weighted by Gasteiger charge is -2.08. The van der Waals surface area contributed by atoms with Gasteiger partial charge in [0.1, 0.15) is 6.61 Å². The maximum atomic E-state index is 11.4. The smallest absolute Gasteiger partial charge is 0.246 e. The van der Waals surface area contributed by atoms with E-state index in [-0.39, 0.29) is 12.5 Å². The quantitative estimate of drug-likeness (QED) is 0.727. The van der Waals surface area contributed by atoms with Crippen molar-refractivity contribution in [3.63, 3.8) is 0 Å². The Morgan fingerprint density at radius 3 is 2.76 bits per heavy atom. The van der Waals surface area contributed by atoms with Crippen LogP contribution in [0.5, 0.6) is 0 Å². The van der Waals surface area contributed by atoms with Crippen LogP contribution in [0.3, 0.4) is 0 Å². The van der Waals surface area contributed by atoms with Crippen molar-refractivity contribution in [3.8, 4) is 0 Å². The zero-order valence-electron chi connectivity index (χ0n) is 10.4. The van der Waals surface area contributed by atoms with Gasteiger partial charge in [0, 0.05) is 13.7 Å². The standard InChI is InChI=1S/C13H19NO3/c1-11-5-3-4-6-12(11)9-14-13(15)10-17-8-7-16-2/h3-6H,7-10H2,1-2H3,(H,14,15). The van der Waals surface area contributed by atoms with Crippen LogP contribution in [-0.4, -0.2) is 32.8 Å². The highest BCUT2D eigenvalue weighted by Crippen LogP contribution is 2.05. The SMILES string of the molecule is COCCOCC(=O)NCc1ccccc1C. The number of benzene rings is 1. The molecule has 1 aromatic carbocycles. The van der Waals surface area contributed by atoms with Crippen LogP contribution in [0.25, 0.3) is 0 Å². The highest BCUT2D eigenvalue weighted by molar-refractivity contribution is 5.77. The summed E-state index contributed by atoms with van der Waals surface area (Å²) in [6.07, 6.45) is 0. The second-order valence-corrected chi connectivity index (χ2v) is 3.75. The van der Waals surface area contributed by atoms with E-state index in [1.165, 1.54) is 5.56 Å². The molecule has 0 aliphatic rings. The van der Waals surface area contributed by atoms with Crippen molar-refractivity contribution in [2.24, 2.45) is 0 Å². The Labute approximate surface area is 102 Å². The van der Waals surface area contributed by atoms with E-state index in [9.17, 15) is 4.79 Å². The Kier molecular flexibility index (Phi) is 6.29. The fourth-order valence-electron chi connectivity index (χ4n) is 1.36. The molecule has 0 bridgehead atoms. The average molecular weight is 237 g/mol. The van der Waals surface area contributed by atoms with Crippen LogP contribution in [0.2, 0.25) is 0 Å². The van der Waals surface area contributed by atoms with Gasteiger partial charge in [-0.05, 0) is 18.1 Å². The second kappa shape index (κ2) is 7.81. The van der Waals surface area contributed by atoms with Crippen LogP contribution in [0.1, 0.15) is 11.1 Å². The summed E-state index contributed by atoms with van der Waals surface area (Å²) < 4.78 is 9.93. The van der Waals surface area contributed by atoms with E-state index >= 15 is 0 Å². The maximum Gasteiger partial charge on any atom is 0.246 e. The molecule has 0 saturated carbocycles. The van der Waals surface area contributed by atoms with Gasteiger partial charge in [0.05, 0.1) is 13.2 Å². The molecule has 17 heavy (non-hydrogen) atoms. The van der Waals surface area contributed by atoms with Crippen molar-refractivity contribution in [2.75, 3.05) is 26.9 Å². The zero-order valence-corrected chi connectivity index (χ0v) is 10.4. The fourth-order valence-corrected chi connectivity index (χ4v) is 1.36. The summed E-state index contributed by atoms with van der Waals surface area (Å²) in [5.74, 6) is -0.107. The Morgan fingerprint density at radius 2 is 2.06 bits per heavy atom. The molecule has 1 N–H and O–H groups in total. The lowest BCUT2D eigenvalue weighted by molar-refractivity contribution is -0.126. The van der Waals surface area contributed by atoms with Crippen LogP contribution in [0, 0.1) is 6.92 Å². The summed E-state index contributed by atoms with van der Waals surface area (Å²) in [6, 6.07) is 7.97. The topological polar surface area (TPSA) is 47.6 Å². The van der Waals surface area contributed by atoms with E-state index in [1.807, 2.05) is 31.2 Å². The third-order valence-corrected chi connectivity index (χ3v) is 2.40. The molecule has 0 aromatic heterocycles. The molecule has 0 fully saturated rings. The number of hydrogen-bond donors (Lipinski definition) is 1. The number of rotatable bonds is 7. The van der Waals surface area contributed by atoms with Gasteiger partial charge in [-0.1, -0.05) is 24.3 Å². The van der Waals surface area contributed by atoms with Gasteiger partial charge in [-0.25, -0.2) is 0 Å². The summed E-state index contributed by atoms with van der Waals surface area (Å²) in [5.41, 5.74) is 2.30. The molecule has 4 nitrogen and oxygen atoms in total. The highest BCUT2D eigenvalue weighted by atomic mass is 16.5. The summed E-state index contributed by atoms with van der Waals surface area (Å²) >= 11 is 0. The number of aryl methyl sites for hydroxylation is 1. The minimum Gasteiger partial charge on any atom is -0.382 e. The molecule has 0 atom stereocenters. The summed E-state index contributed by atoms with van der Waals surface area (Å²) in [7, 11) is 1.60. The number of hydrogen-bond acceptors (Lipinski definition) is 3. The van der Waals surface area contributed by atoms with E-state index < -0.39 is 0 Å². The van der Waals surface area contributed by atoms with Gasteiger partial charge in [0.25, 0.3) is 0 Å². The van der Waals surface area contributed by atoms with Gasteiger partial charge in [-0.2, -0.15) is 0 Å². The maximum absolute atomic E-state index is 11.4. The zero-order chi connectivity index (χ0) is 12.5. The second-order valence-electron chi connectivity index (χ2n) is 3.75. The van der Waals surface area contributed by atoms with Gasteiger partial charge >= 0.3 is 0 Å². The number of ether oxygens (including phenoxy) is 2. The molecule has 0 radical (unpaired) electrons. The first-order valence-electron chi connectivity index (χ1n) is 5.62. The van der Waals surface area contributed by atoms with Crippen LogP contribution in [0.15, 0.2) is 24.3 Å². The molecule has 0 heterocycles. The predicted molar refractivity (Wildman–Crippen MR) is 65.7 cm³/mol. The van der Waals surface area contributed by atoms with E-state index in [0.29, 0.717) is 19.8 Å². The Balaban J connectivity index is 2.22. The van der Waals surface area contributed by atoms with Gasteiger partial charge in [0.15, 0.2) is 0 Å². The molecule has 1 aromatic rings. The normalized spacial score (nSPS) is 10.2. The first kappa shape index (κ1) is 13.7. The number of carbonyl (C=O) groups is 1. The Hall–Kier alpha value is -1.39. The minimum absolute atomic E-state index is 0.0786. The highest BCUT2D eigenvalue weighted by Gasteiger charge is 2.02. The molecule has 94 valence electrons. The number of nitrogens with one attached hydrogen (secondary N) is 1. The molecular weight excluding hydrogens is 218 g/mol. The van der Waals surface area contributed by atoms with Crippen molar-refractivity contribution >= 4 is 5.91 Å². The lowest BCUT2D eigenvalue weighted by atomic mass is 10.1. The molecular formula is C13H19NO3. The Bertz CT molecular complexity index is 352. The molecule has 4 heteroatoms. The number of carbonyl (C=O) groups excluding carboxylic acids is 1. The lowest BCUT2D eigenvalue weighted by Crippen LogP contribution is -2.27. The Morgan fingerprint density at radius 1 is 1.29 bits per heavy atom. The van der Waals surface area contributed by atoms with Crippen molar-refractivity contribution in [2.45, 2.75) is 13.5 Å². The van der Waals surface area contributed by atoms with Crippen molar-refractivity contribution in [1.82, 2.24) is 5.32 Å². The molecule has 0 spiro atoms. The molecule has 0 aliphatic heterocycles. The van der Waals surface area contributed by atoms with Gasteiger partial charge in [-0.15, -0.1) is 0 Å². The summed E-state index contributed by atoms with van der Waals surface area (Å²) in [5, 5.41) is 2.81. The van der Waals surface area contributed by atoms with Crippen molar-refractivity contribution in [1.29, 1.82) is 0 Å². The van der Waals surface area contributed by atoms with E-state index in [0.717, 1.165) is 5.56 Å². The van der Waals surface area contributed by atoms with Crippen LogP contribution >= 0.6 is 0 Å². The number of amides is 1. The van der Waals surface area contributed by atoms with Gasteiger partial charge < -0.3 is 14.8 Å². The van der Waals surface area contributed by atoms with E-state index in [1.54, 1.807) is 7.11 Å². The van der Waals surface area contributed by atoms with Crippen LogP contribution in [-0.2, 0) is 20.8 Å². The monoisotopic (exact) mass is 237 g/mol. The number of methoxy groups -OCH3 is 1. The van der Waals surface area contributed by atoms with Gasteiger partial charge in [-0.3, -0.25) is 4.79 Å². The molecule has 0 saturated heterocycles. The van der Waals surface area contributed by atoms with Crippen molar-refractivity contribution in [3.05, 3.63) is 35.4 Å². The minimum atomic E-state index is -0.107. The first-order valence-corrected chi connectivity index (χ1v) is 5.62. The average Bonchev–Trinajstić information content (AvgIpc) is 2.34. The van der Waals surface area contributed by atoms with Crippen LogP contribution < -0.4 is 5.32 Å². The van der Waals surface area contributed by atoms with Gasteiger partial charge in [0.2, 0.25) is 5.91 Å². The van der Waals surface area contributed by atoms with Crippen molar-refractivity contribution < 1.29 is 14.3 Å². The largest absolute Gasteiger partial charge is 0.382 e. The van der Waals surface area contributed by atoms with Crippen LogP contribution in [0.4, 0.5) is 0 Å². The summed E-state index contributed by atoms with van der Waals surface area (Å²) in [6.45, 7) is 3.59. The molecule has 1 rings (SSSR count). The third kappa shape index (κ3) is 5.47. The summed E-state index contributed by atoms with van der Waals surface area (Å²) in [4.78, 5) is 11.4. The fraction of sp³-hybridized carbons (Fsp3) is 0.462. The van der Waals surface area contributed by atoms with E-state index in [4.69, 9.17) is 9.47 Å². The molecule has 0 aliphatic carbocycles. The predicted octanol–water partition coefficient (Wildman–Crippen LogP) is 1.27.